The molecule has 1 heteroatoms. The molecule has 0 saturated heterocycles. The van der Waals surface area contributed by atoms with E-state index in [9.17, 15) is 0 Å². The van der Waals surface area contributed by atoms with Gasteiger partial charge in [-0.15, -0.1) is 0 Å². The van der Waals surface area contributed by atoms with Crippen molar-refractivity contribution in [1.29, 1.82) is 0 Å². The van der Waals surface area contributed by atoms with Gasteiger partial charge in [-0.25, -0.2) is 0 Å². The summed E-state index contributed by atoms with van der Waals surface area (Å²) in [5.41, 5.74) is 8.29. The van der Waals surface area contributed by atoms with E-state index in [4.69, 9.17) is 0 Å². The van der Waals surface area contributed by atoms with Crippen LogP contribution in [-0.2, 0) is 10.8 Å². The summed E-state index contributed by atoms with van der Waals surface area (Å²) >= 11 is 0. The number of rotatable bonds is 3. The van der Waals surface area contributed by atoms with Crippen LogP contribution in [0.5, 0.6) is 0 Å². The summed E-state index contributed by atoms with van der Waals surface area (Å²) in [5, 5.41) is 3.46. The van der Waals surface area contributed by atoms with Gasteiger partial charge in [-0.05, 0) is 47.1 Å². The highest BCUT2D eigenvalue weighted by Crippen LogP contribution is 2.43. The Hall–Kier alpha value is -1.76. The Bertz CT molecular complexity index is 688. The van der Waals surface area contributed by atoms with Crippen LogP contribution in [0.15, 0.2) is 36.4 Å². The number of nitrogens with one attached hydrogen (secondary N) is 1. The lowest BCUT2D eigenvalue weighted by molar-refractivity contribution is 0.575. The largest absolute Gasteiger partial charge is 0.388 e. The van der Waals surface area contributed by atoms with Crippen molar-refractivity contribution in [2.45, 2.75) is 59.3 Å². The van der Waals surface area contributed by atoms with Crippen LogP contribution in [0.2, 0.25) is 0 Å². The summed E-state index contributed by atoms with van der Waals surface area (Å²) in [6.07, 6.45) is 0. The third kappa shape index (κ3) is 3.15. The molecule has 0 atom stereocenters. The number of hydrogen-bond acceptors (Lipinski definition) is 1. The van der Waals surface area contributed by atoms with Gasteiger partial charge in [-0.2, -0.15) is 0 Å². The van der Waals surface area contributed by atoms with E-state index in [0.717, 1.165) is 0 Å². The maximum absolute atomic E-state index is 3.46. The highest BCUT2D eigenvalue weighted by Gasteiger charge is 2.31. The fourth-order valence-corrected chi connectivity index (χ4v) is 3.80. The second-order valence-electron chi connectivity index (χ2n) is 8.11. The molecule has 0 aliphatic rings. The molecule has 0 spiro atoms. The van der Waals surface area contributed by atoms with Crippen molar-refractivity contribution in [2.24, 2.45) is 0 Å². The fraction of sp³-hybridized carbons (Fsp3) is 0.455. The number of benzene rings is 2. The van der Waals surface area contributed by atoms with Gasteiger partial charge in [0.1, 0.15) is 0 Å². The van der Waals surface area contributed by atoms with E-state index in [1.807, 2.05) is 7.05 Å². The van der Waals surface area contributed by atoms with Gasteiger partial charge in [0.25, 0.3) is 0 Å². The molecule has 0 aliphatic heterocycles. The van der Waals surface area contributed by atoms with Crippen LogP contribution in [-0.4, -0.2) is 7.05 Å². The van der Waals surface area contributed by atoms with Crippen LogP contribution < -0.4 is 5.32 Å². The molecule has 1 N–H and O–H groups in total. The van der Waals surface area contributed by atoms with Crippen molar-refractivity contribution in [3.8, 4) is 0 Å². The molecule has 0 amide bonds. The minimum absolute atomic E-state index is 0.0459. The molecular formula is C22H31N. The Morgan fingerprint density at radius 2 is 1.43 bits per heavy atom. The van der Waals surface area contributed by atoms with E-state index >= 15 is 0 Å². The zero-order chi connectivity index (χ0) is 17.4. The average Bonchev–Trinajstić information content (AvgIpc) is 2.48. The first kappa shape index (κ1) is 17.6. The van der Waals surface area contributed by atoms with Gasteiger partial charge in [-0.1, -0.05) is 71.0 Å². The van der Waals surface area contributed by atoms with E-state index in [-0.39, 0.29) is 10.8 Å². The van der Waals surface area contributed by atoms with Crippen LogP contribution >= 0.6 is 0 Å². The van der Waals surface area contributed by atoms with E-state index in [0.29, 0.717) is 0 Å². The monoisotopic (exact) mass is 309 g/mol. The van der Waals surface area contributed by atoms with Crippen molar-refractivity contribution in [1.82, 2.24) is 0 Å². The zero-order valence-corrected chi connectivity index (χ0v) is 16.0. The lowest BCUT2D eigenvalue weighted by atomic mass is 9.71. The van der Waals surface area contributed by atoms with Gasteiger partial charge >= 0.3 is 0 Å². The Labute approximate surface area is 142 Å². The molecule has 0 aliphatic carbocycles. The first-order valence-corrected chi connectivity index (χ1v) is 8.49. The topological polar surface area (TPSA) is 12.0 Å². The van der Waals surface area contributed by atoms with Crippen LogP contribution in [0.4, 0.5) is 5.69 Å². The first-order chi connectivity index (χ1) is 10.6. The third-order valence-electron chi connectivity index (χ3n) is 4.96. The van der Waals surface area contributed by atoms with Crippen LogP contribution in [0.25, 0.3) is 0 Å². The quantitative estimate of drug-likeness (QED) is 0.736. The number of aryl methyl sites for hydroxylation is 1. The molecule has 2 rings (SSSR count). The second kappa shape index (κ2) is 6.03. The molecule has 0 radical (unpaired) electrons. The summed E-state index contributed by atoms with van der Waals surface area (Å²) in [5.74, 6) is 0. The van der Waals surface area contributed by atoms with E-state index in [2.05, 4.69) is 90.2 Å². The summed E-state index contributed by atoms with van der Waals surface area (Å²) < 4.78 is 0. The van der Waals surface area contributed by atoms with E-state index in [1.54, 1.807) is 0 Å². The van der Waals surface area contributed by atoms with Gasteiger partial charge in [0.15, 0.2) is 0 Å². The van der Waals surface area contributed by atoms with Gasteiger partial charge in [0.05, 0.1) is 0 Å². The van der Waals surface area contributed by atoms with Crippen molar-refractivity contribution in [3.63, 3.8) is 0 Å². The minimum atomic E-state index is -0.0459. The fourth-order valence-electron chi connectivity index (χ4n) is 3.80. The van der Waals surface area contributed by atoms with Crippen LogP contribution in [0.3, 0.4) is 0 Å². The van der Waals surface area contributed by atoms with Gasteiger partial charge in [0, 0.05) is 18.2 Å². The number of anilines is 1. The van der Waals surface area contributed by atoms with Crippen molar-refractivity contribution >= 4 is 5.69 Å². The summed E-state index contributed by atoms with van der Waals surface area (Å²) in [6, 6.07) is 13.2. The normalized spacial score (nSPS) is 12.3. The zero-order valence-electron chi connectivity index (χ0n) is 16.0. The Kier molecular flexibility index (Phi) is 4.61. The predicted octanol–water partition coefficient (Wildman–Crippen LogP) is 5.97. The minimum Gasteiger partial charge on any atom is -0.388 e. The summed E-state index contributed by atoms with van der Waals surface area (Å²) in [7, 11) is 2.03. The predicted molar refractivity (Wildman–Crippen MR) is 103 cm³/mol. The highest BCUT2D eigenvalue weighted by atomic mass is 14.8. The standard InChI is InChI=1S/C22H31N/c1-15-14-18(21(3,4)5)16(2)19(20(15)23-8)22(6,7)17-12-10-9-11-13-17/h9-14,23H,1-8H3. The van der Waals surface area contributed by atoms with Crippen molar-refractivity contribution < 1.29 is 0 Å². The van der Waals surface area contributed by atoms with Crippen molar-refractivity contribution in [3.05, 3.63) is 64.2 Å². The molecule has 0 bridgehead atoms. The molecule has 0 fully saturated rings. The molecule has 2 aromatic carbocycles. The molecule has 0 heterocycles. The lowest BCUT2D eigenvalue weighted by Gasteiger charge is -2.35. The summed E-state index contributed by atoms with van der Waals surface area (Å²) in [6.45, 7) is 16.0. The maximum atomic E-state index is 3.46. The van der Waals surface area contributed by atoms with Crippen LogP contribution in [0.1, 0.15) is 62.4 Å². The maximum Gasteiger partial charge on any atom is 0.0411 e. The average molecular weight is 309 g/mol. The highest BCUT2D eigenvalue weighted by molar-refractivity contribution is 5.67. The molecule has 23 heavy (non-hydrogen) atoms. The SMILES string of the molecule is CNc1c(C)cc(C(C)(C)C)c(C)c1C(C)(C)c1ccccc1. The van der Waals surface area contributed by atoms with Crippen LogP contribution in [0, 0.1) is 13.8 Å². The van der Waals surface area contributed by atoms with E-state index in [1.165, 1.54) is 33.5 Å². The number of hydrogen-bond donors (Lipinski definition) is 1. The Balaban J connectivity index is 2.82. The van der Waals surface area contributed by atoms with E-state index < -0.39 is 0 Å². The van der Waals surface area contributed by atoms with Gasteiger partial charge in [-0.3, -0.25) is 0 Å². The molecule has 124 valence electrons. The molecule has 1 nitrogen and oxygen atoms in total. The third-order valence-corrected chi connectivity index (χ3v) is 4.96. The Morgan fingerprint density at radius 3 is 1.91 bits per heavy atom. The molecular weight excluding hydrogens is 278 g/mol. The molecule has 0 aromatic heterocycles. The van der Waals surface area contributed by atoms with Gasteiger partial charge < -0.3 is 5.32 Å². The van der Waals surface area contributed by atoms with Gasteiger partial charge in [0.2, 0.25) is 0 Å². The second-order valence-corrected chi connectivity index (χ2v) is 8.11. The molecule has 2 aromatic rings. The molecule has 0 saturated carbocycles. The summed E-state index contributed by atoms with van der Waals surface area (Å²) in [4.78, 5) is 0. The smallest absolute Gasteiger partial charge is 0.0411 e. The Morgan fingerprint density at radius 1 is 0.870 bits per heavy atom. The first-order valence-electron chi connectivity index (χ1n) is 8.49. The van der Waals surface area contributed by atoms with Crippen molar-refractivity contribution in [2.75, 3.05) is 12.4 Å². The lowest BCUT2D eigenvalue weighted by Crippen LogP contribution is -2.25. The molecule has 0 unspecified atom stereocenters.